The average Bonchev–Trinajstić information content (AvgIpc) is 2.93. The Morgan fingerprint density at radius 3 is 2.63 bits per heavy atom. The van der Waals surface area contributed by atoms with Gasteiger partial charge in [-0.15, -0.1) is 0 Å². The lowest BCUT2D eigenvalue weighted by atomic mass is 9.67. The van der Waals surface area contributed by atoms with Crippen molar-refractivity contribution >= 4 is 17.6 Å². The minimum Gasteiger partial charge on any atom is -0.396 e. The Balaban J connectivity index is 1.65. The van der Waals surface area contributed by atoms with Crippen LogP contribution in [0.15, 0.2) is 24.3 Å². The number of aliphatic hydroxyl groups is 1. The quantitative estimate of drug-likeness (QED) is 0.704. The van der Waals surface area contributed by atoms with Crippen LogP contribution in [0.5, 0.6) is 0 Å². The van der Waals surface area contributed by atoms with Crippen LogP contribution in [0.1, 0.15) is 19.8 Å². The summed E-state index contributed by atoms with van der Waals surface area (Å²) in [5.41, 5.74) is 0.0584. The van der Waals surface area contributed by atoms with Crippen molar-refractivity contribution in [2.75, 3.05) is 11.9 Å². The molecule has 1 heterocycles. The van der Waals surface area contributed by atoms with E-state index in [1.807, 2.05) is 6.92 Å². The highest BCUT2D eigenvalue weighted by Crippen LogP contribution is 2.39. The van der Waals surface area contributed by atoms with E-state index in [0.717, 1.165) is 12.1 Å². The van der Waals surface area contributed by atoms with Gasteiger partial charge in [-0.25, -0.2) is 8.78 Å². The molecule has 1 aromatic carbocycles. The Labute approximate surface area is 154 Å². The number of aliphatic hydroxyl groups excluding tert-OH is 1. The number of nitrogens with zero attached hydrogens (tertiary/aromatic N) is 2. The van der Waals surface area contributed by atoms with E-state index in [0.29, 0.717) is 12.8 Å². The number of rotatable bonds is 4. The van der Waals surface area contributed by atoms with Crippen LogP contribution in [0, 0.1) is 17.0 Å². The summed E-state index contributed by atoms with van der Waals surface area (Å²) in [6.45, 7) is 1.94. The lowest BCUT2D eigenvalue weighted by Crippen LogP contribution is -2.53. The molecule has 1 aliphatic carbocycles. The Bertz CT molecular complexity index is 891. The maximum Gasteiger partial charge on any atom is 0.314 e. The third-order valence-corrected chi connectivity index (χ3v) is 4.73. The second-order valence-corrected chi connectivity index (χ2v) is 7.16. The normalized spacial score (nSPS) is 21.4. The van der Waals surface area contributed by atoms with Gasteiger partial charge in [-0.3, -0.25) is 14.3 Å². The minimum absolute atomic E-state index is 0.0311. The molecule has 2 aromatic rings. The minimum atomic E-state index is -0.873. The van der Waals surface area contributed by atoms with Crippen molar-refractivity contribution in [3.63, 3.8) is 0 Å². The smallest absolute Gasteiger partial charge is 0.314 e. The van der Waals surface area contributed by atoms with Crippen molar-refractivity contribution in [3.05, 3.63) is 35.9 Å². The van der Waals surface area contributed by atoms with Gasteiger partial charge in [-0.05, 0) is 30.4 Å². The van der Waals surface area contributed by atoms with Crippen molar-refractivity contribution in [2.24, 2.45) is 12.5 Å². The van der Waals surface area contributed by atoms with Gasteiger partial charge in [0.2, 0.25) is 0 Å². The van der Waals surface area contributed by atoms with Gasteiger partial charge in [0, 0.05) is 37.4 Å². The summed E-state index contributed by atoms with van der Waals surface area (Å²) >= 11 is 0. The predicted octanol–water partition coefficient (Wildman–Crippen LogP) is 1.58. The molecule has 3 rings (SSSR count). The molecule has 0 spiro atoms. The molecule has 0 radical (unpaired) electrons. The average molecular weight is 378 g/mol. The van der Waals surface area contributed by atoms with Gasteiger partial charge in [-0.2, -0.15) is 5.10 Å². The molecular weight excluding hydrogens is 358 g/mol. The first-order chi connectivity index (χ1) is 12.7. The molecule has 0 saturated heterocycles. The number of carbonyl (C=O) groups excluding carboxylic acids is 2. The molecule has 0 aliphatic heterocycles. The summed E-state index contributed by atoms with van der Waals surface area (Å²) < 4.78 is 28.2. The highest BCUT2D eigenvalue weighted by atomic mass is 19.1. The Hall–Kier alpha value is -2.81. The topological polar surface area (TPSA) is 96.2 Å². The van der Waals surface area contributed by atoms with E-state index >= 15 is 0 Å². The molecule has 0 bridgehead atoms. The van der Waals surface area contributed by atoms with Gasteiger partial charge >= 0.3 is 11.8 Å². The largest absolute Gasteiger partial charge is 0.396 e. The van der Waals surface area contributed by atoms with E-state index in [1.54, 1.807) is 0 Å². The molecule has 2 amide bonds. The van der Waals surface area contributed by atoms with Crippen molar-refractivity contribution in [3.8, 4) is 11.3 Å². The summed E-state index contributed by atoms with van der Waals surface area (Å²) in [4.78, 5) is 24.1. The first-order valence-corrected chi connectivity index (χ1v) is 8.43. The number of hydrogen-bond acceptors (Lipinski definition) is 4. The van der Waals surface area contributed by atoms with Crippen molar-refractivity contribution < 1.29 is 23.5 Å². The Kier molecular flexibility index (Phi) is 4.97. The fraction of sp³-hybridized carbons (Fsp3) is 0.389. The second-order valence-electron chi connectivity index (χ2n) is 7.16. The summed E-state index contributed by atoms with van der Waals surface area (Å²) in [7, 11) is 1.52. The van der Waals surface area contributed by atoms with Gasteiger partial charge in [-0.1, -0.05) is 6.92 Å². The maximum absolute atomic E-state index is 13.9. The standard InChI is InChI=1S/C18H20F2N4O3/c1-18(9-25)7-11(8-18)21-16(26)17(27)22-15-6-14(23-24(15)2)12-4-3-10(19)5-13(12)20/h3-6,11,25H,7-9H2,1-2H3,(H,21,26)(H,22,27). The van der Waals surface area contributed by atoms with E-state index in [2.05, 4.69) is 15.7 Å². The number of hydrogen-bond donors (Lipinski definition) is 3. The number of benzene rings is 1. The Morgan fingerprint density at radius 2 is 2.00 bits per heavy atom. The first-order valence-electron chi connectivity index (χ1n) is 8.43. The van der Waals surface area contributed by atoms with Gasteiger partial charge in [0.25, 0.3) is 0 Å². The number of amides is 2. The summed E-state index contributed by atoms with van der Waals surface area (Å²) in [6, 6.07) is 4.34. The number of aromatic nitrogens is 2. The number of nitrogens with one attached hydrogen (secondary N) is 2. The zero-order valence-corrected chi connectivity index (χ0v) is 14.9. The zero-order valence-electron chi connectivity index (χ0n) is 14.9. The van der Waals surface area contributed by atoms with E-state index < -0.39 is 23.4 Å². The van der Waals surface area contributed by atoms with Crippen LogP contribution in [0.2, 0.25) is 0 Å². The summed E-state index contributed by atoms with van der Waals surface area (Å²) in [6.07, 6.45) is 1.20. The lowest BCUT2D eigenvalue weighted by molar-refractivity contribution is -0.137. The lowest BCUT2D eigenvalue weighted by Gasteiger charge is -2.44. The van der Waals surface area contributed by atoms with Crippen LogP contribution < -0.4 is 10.6 Å². The first kappa shape index (κ1) is 19.0. The van der Waals surface area contributed by atoms with Crippen LogP contribution in [0.25, 0.3) is 11.3 Å². The molecule has 1 saturated carbocycles. The third-order valence-electron chi connectivity index (χ3n) is 4.73. The van der Waals surface area contributed by atoms with Crippen molar-refractivity contribution in [2.45, 2.75) is 25.8 Å². The van der Waals surface area contributed by atoms with Gasteiger partial charge in [0.05, 0.1) is 5.69 Å². The maximum atomic E-state index is 13.9. The SMILES string of the molecule is Cn1nc(-c2ccc(F)cc2F)cc1NC(=O)C(=O)NC1CC(C)(CO)C1. The fourth-order valence-electron chi connectivity index (χ4n) is 3.20. The number of aryl methyl sites for hydroxylation is 1. The number of carbonyl (C=O) groups is 2. The summed E-state index contributed by atoms with van der Waals surface area (Å²) in [5.74, 6) is -2.95. The predicted molar refractivity (Wildman–Crippen MR) is 93.5 cm³/mol. The van der Waals surface area contributed by atoms with Crippen molar-refractivity contribution in [1.29, 1.82) is 0 Å². The highest BCUT2D eigenvalue weighted by Gasteiger charge is 2.41. The number of halogens is 2. The van der Waals surface area contributed by atoms with E-state index in [-0.39, 0.29) is 35.1 Å². The van der Waals surface area contributed by atoms with E-state index in [4.69, 9.17) is 0 Å². The van der Waals surface area contributed by atoms with Crippen LogP contribution in [0.4, 0.5) is 14.6 Å². The molecule has 3 N–H and O–H groups in total. The molecule has 0 atom stereocenters. The van der Waals surface area contributed by atoms with Crippen LogP contribution in [0.3, 0.4) is 0 Å². The zero-order chi connectivity index (χ0) is 19.8. The van der Waals surface area contributed by atoms with E-state index in [1.165, 1.54) is 23.9 Å². The Morgan fingerprint density at radius 1 is 1.30 bits per heavy atom. The van der Waals surface area contributed by atoms with Gasteiger partial charge < -0.3 is 15.7 Å². The van der Waals surface area contributed by atoms with Gasteiger partial charge in [0.1, 0.15) is 17.5 Å². The molecule has 1 aromatic heterocycles. The molecule has 27 heavy (non-hydrogen) atoms. The highest BCUT2D eigenvalue weighted by molar-refractivity contribution is 6.39. The summed E-state index contributed by atoms with van der Waals surface area (Å²) in [5, 5.41) is 18.3. The molecule has 1 aliphatic rings. The molecule has 9 heteroatoms. The fourth-order valence-corrected chi connectivity index (χ4v) is 3.20. The molecule has 0 unspecified atom stereocenters. The van der Waals surface area contributed by atoms with Crippen LogP contribution in [-0.4, -0.2) is 39.4 Å². The number of anilines is 1. The van der Waals surface area contributed by atoms with Crippen LogP contribution >= 0.6 is 0 Å². The van der Waals surface area contributed by atoms with Gasteiger partial charge in [0.15, 0.2) is 0 Å². The monoisotopic (exact) mass is 378 g/mol. The molecule has 7 nitrogen and oxygen atoms in total. The molecule has 144 valence electrons. The van der Waals surface area contributed by atoms with E-state index in [9.17, 15) is 23.5 Å². The molecule has 1 fully saturated rings. The van der Waals surface area contributed by atoms with Crippen LogP contribution in [-0.2, 0) is 16.6 Å². The van der Waals surface area contributed by atoms with Crippen molar-refractivity contribution in [1.82, 2.24) is 15.1 Å². The second kappa shape index (κ2) is 7.07. The third kappa shape index (κ3) is 3.97. The molecular formula is C18H20F2N4O3.